The smallest absolute Gasteiger partial charge is 0.416 e. The van der Waals surface area contributed by atoms with Crippen LogP contribution < -0.4 is 5.32 Å². The molecule has 1 amide bonds. The van der Waals surface area contributed by atoms with Crippen LogP contribution in [0.2, 0.25) is 5.02 Å². The van der Waals surface area contributed by atoms with E-state index in [1.165, 1.54) is 24.3 Å². The molecule has 10 heteroatoms. The van der Waals surface area contributed by atoms with Crippen molar-refractivity contribution in [2.24, 2.45) is 0 Å². The lowest BCUT2D eigenvalue weighted by Gasteiger charge is -2.11. The lowest BCUT2D eigenvalue weighted by molar-refractivity contribution is -0.138. The van der Waals surface area contributed by atoms with Crippen LogP contribution in [0.5, 0.6) is 0 Å². The first-order valence-electron chi connectivity index (χ1n) is 7.91. The van der Waals surface area contributed by atoms with Gasteiger partial charge in [-0.15, -0.1) is 0 Å². The largest absolute Gasteiger partial charge is 0.451 e. The van der Waals surface area contributed by atoms with Gasteiger partial charge in [-0.2, -0.15) is 26.3 Å². The highest BCUT2D eigenvalue weighted by molar-refractivity contribution is 6.33. The molecule has 0 saturated heterocycles. The van der Waals surface area contributed by atoms with E-state index in [9.17, 15) is 31.1 Å². The molecule has 0 fully saturated rings. The zero-order valence-electron chi connectivity index (χ0n) is 14.2. The summed E-state index contributed by atoms with van der Waals surface area (Å²) in [5.41, 5.74) is -2.12. The highest BCUT2D eigenvalue weighted by Crippen LogP contribution is 2.35. The third-order valence-corrected chi connectivity index (χ3v) is 4.18. The molecule has 0 unspecified atom stereocenters. The zero-order valence-corrected chi connectivity index (χ0v) is 14.9. The average molecular weight is 434 g/mol. The number of hydrogen-bond acceptors (Lipinski definition) is 2. The highest BCUT2D eigenvalue weighted by atomic mass is 35.5. The number of carbonyl (C=O) groups is 1. The maximum atomic E-state index is 12.8. The van der Waals surface area contributed by atoms with E-state index >= 15 is 0 Å². The molecule has 3 nitrogen and oxygen atoms in total. The minimum absolute atomic E-state index is 0.0172. The quantitative estimate of drug-likeness (QED) is 0.457. The van der Waals surface area contributed by atoms with Crippen LogP contribution in [-0.2, 0) is 12.4 Å². The molecule has 3 rings (SSSR count). The molecule has 0 aliphatic heterocycles. The summed E-state index contributed by atoms with van der Waals surface area (Å²) in [5.74, 6) is -1.24. The first-order valence-corrected chi connectivity index (χ1v) is 8.28. The van der Waals surface area contributed by atoms with Crippen molar-refractivity contribution in [3.05, 3.63) is 76.5 Å². The van der Waals surface area contributed by atoms with E-state index in [0.29, 0.717) is 6.07 Å². The van der Waals surface area contributed by atoms with Gasteiger partial charge in [-0.25, -0.2) is 0 Å². The predicted octanol–water partition coefficient (Wildman–Crippen LogP) is 6.89. The molecule has 0 atom stereocenters. The molecule has 1 aromatic heterocycles. The maximum absolute atomic E-state index is 12.8. The van der Waals surface area contributed by atoms with E-state index in [2.05, 4.69) is 5.32 Å². The van der Waals surface area contributed by atoms with Gasteiger partial charge in [0, 0.05) is 5.56 Å². The number of benzene rings is 2. The third kappa shape index (κ3) is 4.73. The van der Waals surface area contributed by atoms with Crippen molar-refractivity contribution in [2.45, 2.75) is 12.4 Å². The molecular weight excluding hydrogens is 424 g/mol. The molecule has 0 saturated carbocycles. The number of nitrogens with one attached hydrogen (secondary N) is 1. The Morgan fingerprint density at radius 2 is 1.52 bits per heavy atom. The first-order chi connectivity index (χ1) is 13.4. The van der Waals surface area contributed by atoms with Crippen molar-refractivity contribution >= 4 is 23.2 Å². The third-order valence-electron chi connectivity index (χ3n) is 3.85. The molecular formula is C19H10ClF6NO2. The zero-order chi connectivity index (χ0) is 21.4. The molecule has 1 heterocycles. The van der Waals surface area contributed by atoms with E-state index < -0.39 is 29.4 Å². The van der Waals surface area contributed by atoms with E-state index in [0.717, 1.165) is 24.3 Å². The second-order valence-electron chi connectivity index (χ2n) is 5.89. The molecule has 29 heavy (non-hydrogen) atoms. The number of anilines is 1. The van der Waals surface area contributed by atoms with Crippen molar-refractivity contribution in [2.75, 3.05) is 5.32 Å². The molecule has 152 valence electrons. The first kappa shape index (κ1) is 20.8. The van der Waals surface area contributed by atoms with Gasteiger partial charge in [0.05, 0.1) is 21.8 Å². The van der Waals surface area contributed by atoms with Crippen LogP contribution in [0.15, 0.2) is 59.0 Å². The summed E-state index contributed by atoms with van der Waals surface area (Å²) >= 11 is 5.82. The Balaban J connectivity index is 1.84. The fraction of sp³-hybridized carbons (Fsp3) is 0.105. The van der Waals surface area contributed by atoms with E-state index in [1.54, 1.807) is 0 Å². The standard InChI is InChI=1S/C19H10ClF6NO2/c20-13-5-4-12(19(24,25)26)9-14(13)27-17(28)16-7-6-15(29-16)10-2-1-3-11(8-10)18(21,22)23/h1-9H,(H,27,28). The summed E-state index contributed by atoms with van der Waals surface area (Å²) in [6.07, 6.45) is -9.19. The van der Waals surface area contributed by atoms with Gasteiger partial charge in [-0.1, -0.05) is 23.7 Å². The molecule has 0 aliphatic carbocycles. The van der Waals surface area contributed by atoms with Crippen LogP contribution in [0, 0.1) is 0 Å². The number of halogens is 7. The number of amides is 1. The van der Waals surface area contributed by atoms with Gasteiger partial charge in [0.15, 0.2) is 5.76 Å². The van der Waals surface area contributed by atoms with Crippen molar-refractivity contribution < 1.29 is 35.6 Å². The Bertz CT molecular complexity index is 1060. The van der Waals surface area contributed by atoms with Gasteiger partial charge in [-0.05, 0) is 42.5 Å². The highest BCUT2D eigenvalue weighted by Gasteiger charge is 2.32. The molecule has 2 aromatic carbocycles. The number of furan rings is 1. The van der Waals surface area contributed by atoms with Gasteiger partial charge in [0.25, 0.3) is 5.91 Å². The van der Waals surface area contributed by atoms with Crippen molar-refractivity contribution in [3.63, 3.8) is 0 Å². The topological polar surface area (TPSA) is 42.2 Å². The molecule has 1 N–H and O–H groups in total. The van der Waals surface area contributed by atoms with Crippen LogP contribution in [0.25, 0.3) is 11.3 Å². The second-order valence-corrected chi connectivity index (χ2v) is 6.30. The summed E-state index contributed by atoms with van der Waals surface area (Å²) < 4.78 is 82.2. The minimum Gasteiger partial charge on any atom is -0.451 e. The number of hydrogen-bond donors (Lipinski definition) is 1. The van der Waals surface area contributed by atoms with E-state index in [4.69, 9.17) is 16.0 Å². The van der Waals surface area contributed by atoms with Gasteiger partial charge < -0.3 is 9.73 Å². The molecule has 3 aromatic rings. The molecule has 0 bridgehead atoms. The fourth-order valence-electron chi connectivity index (χ4n) is 2.45. The predicted molar refractivity (Wildman–Crippen MR) is 93.6 cm³/mol. The second kappa shape index (κ2) is 7.47. The average Bonchev–Trinajstić information content (AvgIpc) is 3.12. The fourth-order valence-corrected chi connectivity index (χ4v) is 2.61. The monoisotopic (exact) mass is 433 g/mol. The Morgan fingerprint density at radius 1 is 0.862 bits per heavy atom. The Morgan fingerprint density at radius 3 is 2.17 bits per heavy atom. The van der Waals surface area contributed by atoms with Crippen molar-refractivity contribution in [3.8, 4) is 11.3 Å². The van der Waals surface area contributed by atoms with E-state index in [-0.39, 0.29) is 27.8 Å². The lowest BCUT2D eigenvalue weighted by Crippen LogP contribution is -2.13. The summed E-state index contributed by atoms with van der Waals surface area (Å²) in [7, 11) is 0. The van der Waals surface area contributed by atoms with Crippen LogP contribution in [-0.4, -0.2) is 5.91 Å². The SMILES string of the molecule is O=C(Nc1cc(C(F)(F)F)ccc1Cl)c1ccc(-c2cccc(C(F)(F)F)c2)o1. The van der Waals surface area contributed by atoms with Crippen LogP contribution in [0.1, 0.15) is 21.7 Å². The van der Waals surface area contributed by atoms with Crippen LogP contribution in [0.3, 0.4) is 0 Å². The summed E-state index contributed by atoms with van der Waals surface area (Å²) in [6.45, 7) is 0. The molecule has 0 radical (unpaired) electrons. The Kier molecular flexibility index (Phi) is 5.36. The summed E-state index contributed by atoms with van der Waals surface area (Å²) in [5, 5.41) is 2.07. The number of alkyl halides is 6. The van der Waals surface area contributed by atoms with Gasteiger partial charge >= 0.3 is 12.4 Å². The lowest BCUT2D eigenvalue weighted by atomic mass is 10.1. The molecule has 0 aliphatic rings. The molecule has 0 spiro atoms. The minimum atomic E-state index is -4.63. The van der Waals surface area contributed by atoms with Crippen molar-refractivity contribution in [1.29, 1.82) is 0 Å². The van der Waals surface area contributed by atoms with Crippen LogP contribution >= 0.6 is 11.6 Å². The number of rotatable bonds is 3. The number of carbonyl (C=O) groups excluding carboxylic acids is 1. The van der Waals surface area contributed by atoms with Gasteiger partial charge in [0.2, 0.25) is 0 Å². The normalized spacial score (nSPS) is 12.1. The van der Waals surface area contributed by atoms with Crippen molar-refractivity contribution in [1.82, 2.24) is 0 Å². The Labute approximate surface area is 164 Å². The summed E-state index contributed by atoms with van der Waals surface area (Å²) in [6, 6.07) is 9.15. The van der Waals surface area contributed by atoms with Gasteiger partial charge in [0.1, 0.15) is 5.76 Å². The van der Waals surface area contributed by atoms with E-state index in [1.807, 2.05) is 0 Å². The summed E-state index contributed by atoms with van der Waals surface area (Å²) in [4.78, 5) is 12.3. The maximum Gasteiger partial charge on any atom is 0.416 e. The van der Waals surface area contributed by atoms with Crippen LogP contribution in [0.4, 0.5) is 32.0 Å². The Hall–Kier alpha value is -2.94. The van der Waals surface area contributed by atoms with Gasteiger partial charge in [-0.3, -0.25) is 4.79 Å².